The third kappa shape index (κ3) is 4.52. The Balaban J connectivity index is 1.88. The van der Waals surface area contributed by atoms with Crippen LogP contribution in [0.2, 0.25) is 0 Å². The molecule has 1 saturated heterocycles. The molecule has 0 unspecified atom stereocenters. The molecule has 1 fully saturated rings. The number of benzene rings is 1. The summed E-state index contributed by atoms with van der Waals surface area (Å²) in [5.74, 6) is -1.04. The number of sulfonamides is 1. The van der Waals surface area contributed by atoms with Gasteiger partial charge in [0.1, 0.15) is 0 Å². The highest BCUT2D eigenvalue weighted by Gasteiger charge is 2.29. The molecule has 0 saturated carbocycles. The molecule has 1 aliphatic heterocycles. The van der Waals surface area contributed by atoms with Crippen LogP contribution in [0.4, 0.5) is 0 Å². The summed E-state index contributed by atoms with van der Waals surface area (Å²) in [6.07, 6.45) is 0.447. The lowest BCUT2D eigenvalue weighted by Gasteiger charge is -2.34. The Kier molecular flexibility index (Phi) is 5.73. The number of rotatable bonds is 6. The van der Waals surface area contributed by atoms with Crippen LogP contribution in [0.15, 0.2) is 35.2 Å². The first kappa shape index (κ1) is 17.4. The second-order valence-corrected chi connectivity index (χ2v) is 7.28. The third-order valence-electron chi connectivity index (χ3n) is 3.75. The van der Waals surface area contributed by atoms with Crippen molar-refractivity contribution in [3.63, 3.8) is 0 Å². The van der Waals surface area contributed by atoms with Crippen LogP contribution in [-0.2, 0) is 19.6 Å². The zero-order valence-electron chi connectivity index (χ0n) is 12.7. The minimum Gasteiger partial charge on any atom is -0.481 e. The second kappa shape index (κ2) is 7.56. The lowest BCUT2D eigenvalue weighted by atomic mass is 10.2. The average Bonchev–Trinajstić information content (AvgIpc) is 2.55. The van der Waals surface area contributed by atoms with Gasteiger partial charge in [0.2, 0.25) is 15.9 Å². The Bertz CT molecular complexity index is 652. The van der Waals surface area contributed by atoms with Gasteiger partial charge in [0.25, 0.3) is 0 Å². The van der Waals surface area contributed by atoms with Crippen LogP contribution in [0.5, 0.6) is 0 Å². The molecule has 0 radical (unpaired) electrons. The molecule has 1 aromatic rings. The molecule has 0 bridgehead atoms. The van der Waals surface area contributed by atoms with E-state index in [0.29, 0.717) is 19.5 Å². The zero-order valence-corrected chi connectivity index (χ0v) is 13.5. The molecule has 8 heteroatoms. The maximum Gasteiger partial charge on any atom is 0.303 e. The van der Waals surface area contributed by atoms with Gasteiger partial charge in [0.15, 0.2) is 0 Å². The van der Waals surface area contributed by atoms with Crippen LogP contribution in [0.3, 0.4) is 0 Å². The Hall–Kier alpha value is -1.93. The number of piperazine rings is 1. The standard InChI is InChI=1S/C15H20N2O5S/c18-14(7-4-8-15(19)20)16-9-11-17(12-10-16)23(21,22)13-5-2-1-3-6-13/h1-3,5-6H,4,7-12H2,(H,19,20). The van der Waals surface area contributed by atoms with E-state index in [1.165, 1.54) is 4.31 Å². The normalized spacial score (nSPS) is 16.3. The van der Waals surface area contributed by atoms with Gasteiger partial charge >= 0.3 is 5.97 Å². The third-order valence-corrected chi connectivity index (χ3v) is 5.67. The first-order chi connectivity index (χ1) is 10.9. The van der Waals surface area contributed by atoms with E-state index in [-0.39, 0.29) is 36.7 Å². The Morgan fingerprint density at radius 3 is 2.17 bits per heavy atom. The van der Waals surface area contributed by atoms with E-state index < -0.39 is 16.0 Å². The number of hydrogen-bond acceptors (Lipinski definition) is 4. The first-order valence-corrected chi connectivity index (χ1v) is 8.90. The lowest BCUT2D eigenvalue weighted by Crippen LogP contribution is -2.50. The van der Waals surface area contributed by atoms with Crippen LogP contribution >= 0.6 is 0 Å². The number of amides is 1. The minimum absolute atomic E-state index is 0.0336. The van der Waals surface area contributed by atoms with E-state index >= 15 is 0 Å². The van der Waals surface area contributed by atoms with Crippen molar-refractivity contribution in [3.8, 4) is 0 Å². The highest BCUT2D eigenvalue weighted by atomic mass is 32.2. The van der Waals surface area contributed by atoms with Gasteiger partial charge in [0, 0.05) is 39.0 Å². The summed E-state index contributed by atoms with van der Waals surface area (Å²) in [4.78, 5) is 24.3. The summed E-state index contributed by atoms with van der Waals surface area (Å²) >= 11 is 0. The minimum atomic E-state index is -3.52. The van der Waals surface area contributed by atoms with E-state index in [1.807, 2.05) is 0 Å². The fraction of sp³-hybridized carbons (Fsp3) is 0.467. The molecule has 1 amide bonds. The van der Waals surface area contributed by atoms with Gasteiger partial charge in [-0.1, -0.05) is 18.2 Å². The number of carboxylic acid groups (broad SMARTS) is 1. The highest BCUT2D eigenvalue weighted by molar-refractivity contribution is 7.89. The molecular weight excluding hydrogens is 320 g/mol. The average molecular weight is 340 g/mol. The van der Waals surface area contributed by atoms with Gasteiger partial charge in [-0.3, -0.25) is 9.59 Å². The number of carbonyl (C=O) groups excluding carboxylic acids is 1. The Morgan fingerprint density at radius 1 is 1.00 bits per heavy atom. The molecule has 1 heterocycles. The predicted octanol–water partition coefficient (Wildman–Crippen LogP) is 0.774. The fourth-order valence-electron chi connectivity index (χ4n) is 2.47. The van der Waals surface area contributed by atoms with Crippen LogP contribution < -0.4 is 0 Å². The summed E-state index contributed by atoms with van der Waals surface area (Å²) in [6.45, 7) is 1.17. The smallest absolute Gasteiger partial charge is 0.303 e. The topological polar surface area (TPSA) is 95.0 Å². The number of nitrogens with zero attached hydrogens (tertiary/aromatic N) is 2. The molecule has 0 spiro atoms. The molecular formula is C15H20N2O5S. The van der Waals surface area contributed by atoms with Gasteiger partial charge in [-0.25, -0.2) is 8.42 Å². The van der Waals surface area contributed by atoms with E-state index in [2.05, 4.69) is 0 Å². The Labute approximate surface area is 135 Å². The molecule has 0 aliphatic carbocycles. The van der Waals surface area contributed by atoms with Crippen molar-refractivity contribution in [1.82, 2.24) is 9.21 Å². The van der Waals surface area contributed by atoms with Crippen molar-refractivity contribution in [3.05, 3.63) is 30.3 Å². The second-order valence-electron chi connectivity index (χ2n) is 5.35. The summed E-state index contributed by atoms with van der Waals surface area (Å²) in [7, 11) is -3.52. The molecule has 0 atom stereocenters. The van der Waals surface area contributed by atoms with E-state index in [9.17, 15) is 18.0 Å². The van der Waals surface area contributed by atoms with Gasteiger partial charge in [0.05, 0.1) is 4.90 Å². The van der Waals surface area contributed by atoms with Crippen molar-refractivity contribution < 1.29 is 23.1 Å². The number of hydrogen-bond donors (Lipinski definition) is 1. The van der Waals surface area contributed by atoms with Crippen molar-refractivity contribution in [1.29, 1.82) is 0 Å². The molecule has 0 aromatic heterocycles. The highest BCUT2D eigenvalue weighted by Crippen LogP contribution is 2.17. The first-order valence-electron chi connectivity index (χ1n) is 7.46. The fourth-order valence-corrected chi connectivity index (χ4v) is 3.91. The van der Waals surface area contributed by atoms with Crippen LogP contribution in [-0.4, -0.2) is 60.8 Å². The predicted molar refractivity (Wildman–Crippen MR) is 83.3 cm³/mol. The molecule has 1 N–H and O–H groups in total. The van der Waals surface area contributed by atoms with E-state index in [0.717, 1.165) is 0 Å². The molecule has 1 aromatic carbocycles. The Morgan fingerprint density at radius 2 is 1.61 bits per heavy atom. The summed E-state index contributed by atoms with van der Waals surface area (Å²) < 4.78 is 26.3. The number of carboxylic acids is 1. The van der Waals surface area contributed by atoms with Crippen LogP contribution in [0, 0.1) is 0 Å². The maximum absolute atomic E-state index is 12.5. The summed E-state index contributed by atoms with van der Waals surface area (Å²) in [6, 6.07) is 8.22. The molecule has 1 aliphatic rings. The summed E-state index contributed by atoms with van der Waals surface area (Å²) in [5.41, 5.74) is 0. The number of aliphatic carboxylic acids is 1. The summed E-state index contributed by atoms with van der Waals surface area (Å²) in [5, 5.41) is 8.57. The van der Waals surface area contributed by atoms with Gasteiger partial charge in [-0.2, -0.15) is 4.31 Å². The van der Waals surface area contributed by atoms with E-state index in [1.54, 1.807) is 35.2 Å². The largest absolute Gasteiger partial charge is 0.481 e. The van der Waals surface area contributed by atoms with Crippen LogP contribution in [0.25, 0.3) is 0 Å². The molecule has 126 valence electrons. The van der Waals surface area contributed by atoms with Crippen molar-refractivity contribution in [2.75, 3.05) is 26.2 Å². The van der Waals surface area contributed by atoms with Gasteiger partial charge < -0.3 is 10.0 Å². The number of carbonyl (C=O) groups is 2. The molecule has 23 heavy (non-hydrogen) atoms. The van der Waals surface area contributed by atoms with Crippen molar-refractivity contribution in [2.24, 2.45) is 0 Å². The van der Waals surface area contributed by atoms with E-state index in [4.69, 9.17) is 5.11 Å². The van der Waals surface area contributed by atoms with Gasteiger partial charge in [-0.15, -0.1) is 0 Å². The molecule has 7 nitrogen and oxygen atoms in total. The van der Waals surface area contributed by atoms with Crippen LogP contribution in [0.1, 0.15) is 19.3 Å². The molecule has 2 rings (SSSR count). The zero-order chi connectivity index (χ0) is 16.9. The quantitative estimate of drug-likeness (QED) is 0.825. The maximum atomic E-state index is 12.5. The monoisotopic (exact) mass is 340 g/mol. The van der Waals surface area contributed by atoms with Crippen molar-refractivity contribution >= 4 is 21.9 Å². The lowest BCUT2D eigenvalue weighted by molar-refractivity contribution is -0.137. The SMILES string of the molecule is O=C(O)CCCC(=O)N1CCN(S(=O)(=O)c2ccccc2)CC1. The van der Waals surface area contributed by atoms with Gasteiger partial charge in [-0.05, 0) is 18.6 Å². The van der Waals surface area contributed by atoms with Crippen molar-refractivity contribution in [2.45, 2.75) is 24.2 Å².